The molecule has 1 amide bonds. The highest BCUT2D eigenvalue weighted by Gasteiger charge is 2.49. The van der Waals surface area contributed by atoms with E-state index in [1.807, 2.05) is 25.1 Å². The number of fused-ring (bicyclic) bond motifs is 4. The van der Waals surface area contributed by atoms with Gasteiger partial charge in [-0.3, -0.25) is 4.79 Å². The molecule has 1 spiro atoms. The molecule has 0 radical (unpaired) electrons. The number of benzene rings is 2. The lowest BCUT2D eigenvalue weighted by atomic mass is 9.62. The number of sulfonamides is 1. The second-order valence-electron chi connectivity index (χ2n) is 16.1. The van der Waals surface area contributed by atoms with Gasteiger partial charge in [-0.2, -0.15) is 0 Å². The predicted molar refractivity (Wildman–Crippen MR) is 197 cm³/mol. The normalized spacial score (nSPS) is 33.7. The van der Waals surface area contributed by atoms with Crippen molar-refractivity contribution in [1.29, 1.82) is 0 Å². The average Bonchev–Trinajstić information content (AvgIpc) is 3.22. The minimum atomic E-state index is -3.94. The van der Waals surface area contributed by atoms with Gasteiger partial charge in [0.25, 0.3) is 5.91 Å². The first-order valence-electron chi connectivity index (χ1n) is 18.7. The van der Waals surface area contributed by atoms with Crippen molar-refractivity contribution in [3.05, 3.63) is 58.1 Å². The lowest BCUT2D eigenvalue weighted by Crippen LogP contribution is -2.57. The molecule has 2 N–H and O–H groups in total. The van der Waals surface area contributed by atoms with Crippen molar-refractivity contribution in [3.8, 4) is 5.75 Å². The summed E-state index contributed by atoms with van der Waals surface area (Å²) in [6.07, 6.45) is 9.10. The number of β-amino-alcohol motifs (C(OH)–C–C–N with tert-alkyl or cyclic N) is 1. The van der Waals surface area contributed by atoms with Gasteiger partial charge in [0, 0.05) is 55.8 Å². The van der Waals surface area contributed by atoms with Crippen molar-refractivity contribution in [2.45, 2.75) is 100 Å². The topological polar surface area (TPSA) is 108 Å². The third-order valence-electron chi connectivity index (χ3n) is 13.0. The molecule has 274 valence electrons. The van der Waals surface area contributed by atoms with Gasteiger partial charge >= 0.3 is 0 Å². The van der Waals surface area contributed by atoms with Crippen molar-refractivity contribution in [2.75, 3.05) is 51.3 Å². The lowest BCUT2D eigenvalue weighted by Gasteiger charge is -2.52. The Labute approximate surface area is 303 Å². The van der Waals surface area contributed by atoms with Gasteiger partial charge in [0.15, 0.2) is 0 Å². The number of carbonyl (C=O) groups excluding carboxylic acids is 1. The van der Waals surface area contributed by atoms with Crippen molar-refractivity contribution < 1.29 is 27.8 Å². The Balaban J connectivity index is 1.27. The minimum Gasteiger partial charge on any atom is -0.490 e. The van der Waals surface area contributed by atoms with Crippen molar-refractivity contribution in [2.24, 2.45) is 17.8 Å². The molecule has 0 aromatic heterocycles. The lowest BCUT2D eigenvalue weighted by molar-refractivity contribution is -0.111. The van der Waals surface area contributed by atoms with Crippen LogP contribution in [-0.2, 0) is 26.6 Å². The van der Waals surface area contributed by atoms with Crippen LogP contribution in [0, 0.1) is 17.8 Å². The van der Waals surface area contributed by atoms with Gasteiger partial charge in [-0.15, -0.1) is 0 Å². The number of carbonyl (C=O) groups is 1. The summed E-state index contributed by atoms with van der Waals surface area (Å²) >= 11 is 6.47. The number of rotatable bonds is 3. The number of nitrogens with one attached hydrogen (secondary N) is 1. The first kappa shape index (κ1) is 36.0. The summed E-state index contributed by atoms with van der Waals surface area (Å²) in [6, 6.07) is 11.5. The molecule has 9 nitrogen and oxygen atoms in total. The molecule has 3 aliphatic heterocycles. The van der Waals surface area contributed by atoms with Crippen LogP contribution in [0.4, 0.5) is 5.69 Å². The molecule has 2 aromatic rings. The van der Waals surface area contributed by atoms with E-state index in [0.717, 1.165) is 75.3 Å². The fourth-order valence-corrected chi connectivity index (χ4v) is 11.2. The highest BCUT2D eigenvalue weighted by atomic mass is 35.5. The van der Waals surface area contributed by atoms with Crippen LogP contribution in [0.15, 0.2) is 36.4 Å². The monoisotopic (exact) mass is 727 g/mol. The number of halogens is 1. The van der Waals surface area contributed by atoms with Crippen LogP contribution in [0.25, 0.3) is 0 Å². The fraction of sp³-hybridized carbons (Fsp3) is 0.667. The Bertz CT molecular complexity index is 1680. The maximum absolute atomic E-state index is 13.6. The van der Waals surface area contributed by atoms with Crippen LogP contribution < -0.4 is 14.4 Å². The summed E-state index contributed by atoms with van der Waals surface area (Å²) < 4.78 is 41.7. The van der Waals surface area contributed by atoms with Gasteiger partial charge < -0.3 is 24.4 Å². The molecule has 2 fully saturated rings. The number of hydrogen-bond donors (Lipinski definition) is 2. The Morgan fingerprint density at radius 3 is 2.58 bits per heavy atom. The van der Waals surface area contributed by atoms with E-state index >= 15 is 0 Å². The van der Waals surface area contributed by atoms with E-state index in [2.05, 4.69) is 26.7 Å². The number of anilines is 1. The predicted octanol–water partition coefficient (Wildman–Crippen LogP) is 5.95. The first-order chi connectivity index (χ1) is 23.9. The van der Waals surface area contributed by atoms with E-state index in [0.29, 0.717) is 50.3 Å². The molecule has 2 aliphatic carbocycles. The second kappa shape index (κ2) is 14.2. The maximum Gasteiger partial charge on any atom is 0.264 e. The smallest absolute Gasteiger partial charge is 0.264 e. The summed E-state index contributed by atoms with van der Waals surface area (Å²) in [5.74, 6) is 0.253. The van der Waals surface area contributed by atoms with E-state index in [4.69, 9.17) is 21.1 Å². The summed E-state index contributed by atoms with van der Waals surface area (Å²) in [6.45, 7) is 7.93. The summed E-state index contributed by atoms with van der Waals surface area (Å²) in [7, 11) is -2.16. The van der Waals surface area contributed by atoms with Crippen LogP contribution in [0.5, 0.6) is 5.75 Å². The molecule has 2 aromatic carbocycles. The molecule has 1 saturated heterocycles. The molecule has 50 heavy (non-hydrogen) atoms. The van der Waals surface area contributed by atoms with Crippen molar-refractivity contribution in [1.82, 2.24) is 9.62 Å². The van der Waals surface area contributed by atoms with Gasteiger partial charge in [-0.25, -0.2) is 13.1 Å². The van der Waals surface area contributed by atoms with Crippen LogP contribution in [0.2, 0.25) is 5.02 Å². The van der Waals surface area contributed by atoms with Gasteiger partial charge in [0.1, 0.15) is 5.75 Å². The number of hydrogen-bond acceptors (Lipinski definition) is 8. The van der Waals surface area contributed by atoms with Gasteiger partial charge in [0.05, 0.1) is 29.2 Å². The van der Waals surface area contributed by atoms with Gasteiger partial charge in [0.2, 0.25) is 10.0 Å². The van der Waals surface area contributed by atoms with Gasteiger partial charge in [-0.1, -0.05) is 31.0 Å². The molecule has 1 unspecified atom stereocenters. The zero-order valence-corrected chi connectivity index (χ0v) is 31.4. The van der Waals surface area contributed by atoms with Crippen LogP contribution in [0.3, 0.4) is 0 Å². The molecule has 2 bridgehead atoms. The zero-order valence-electron chi connectivity index (χ0n) is 29.8. The highest BCUT2D eigenvalue weighted by molar-refractivity contribution is 7.90. The van der Waals surface area contributed by atoms with E-state index in [9.17, 15) is 18.3 Å². The zero-order chi connectivity index (χ0) is 35.3. The number of likely N-dealkylation sites (tertiary alicyclic amines) is 1. The standard InChI is InChI=1S/C39H54ClN3O6S/c1-26-6-4-17-39(45,24-42-18-14-32(48-3)15-19-42)34-11-8-30(34)22-43-23-38(16-5-7-28-20-31(40)10-12-33(28)38)25-49-36-13-9-29(21-35(36)43)37(44)41-50(46,47)27(26)2/h9-10,12-13,20-21,26-27,30,32,34,45H,4-8,11,14-19,22-25H2,1-3H3,(H,41,44)/t26-,27+,30-,34?,38-,39-/m0/s1. The number of piperidine rings is 1. The van der Waals surface area contributed by atoms with E-state index < -0.39 is 26.8 Å². The number of methoxy groups -OCH3 is 1. The number of amides is 1. The Kier molecular flexibility index (Phi) is 10.2. The minimum absolute atomic E-state index is 0.111. The van der Waals surface area contributed by atoms with E-state index in [-0.39, 0.29) is 29.3 Å². The third kappa shape index (κ3) is 7.04. The number of aryl methyl sites for hydroxylation is 1. The number of ether oxygens (including phenoxy) is 2. The van der Waals surface area contributed by atoms with Crippen molar-refractivity contribution in [3.63, 3.8) is 0 Å². The highest BCUT2D eigenvalue weighted by Crippen LogP contribution is 2.49. The maximum atomic E-state index is 13.6. The van der Waals surface area contributed by atoms with Crippen LogP contribution in [0.1, 0.15) is 93.1 Å². The first-order valence-corrected chi connectivity index (χ1v) is 20.7. The Morgan fingerprint density at radius 2 is 1.84 bits per heavy atom. The SMILES string of the molecule is COC1CCN(C[C@@]2(O)CCC[C@H](C)[C@@H](C)S(=O)(=O)NC(=O)c3ccc4c(c3)N(C[C@@H]3CCC32)C[C@@]2(CCCc3cc(Cl)ccc32)CO4)CC1. The number of nitrogens with zero attached hydrogens (tertiary/aromatic N) is 2. The van der Waals surface area contributed by atoms with Crippen LogP contribution >= 0.6 is 11.6 Å². The summed E-state index contributed by atoms with van der Waals surface area (Å²) in [5, 5.41) is 12.7. The molecule has 1 saturated carbocycles. The largest absolute Gasteiger partial charge is 0.490 e. The molecular formula is C39H54ClN3O6S. The molecule has 6 atom stereocenters. The molecular weight excluding hydrogens is 674 g/mol. The second-order valence-corrected chi connectivity index (χ2v) is 18.6. The quantitative estimate of drug-likeness (QED) is 0.400. The summed E-state index contributed by atoms with van der Waals surface area (Å²) in [5.41, 5.74) is 2.44. The fourth-order valence-electron chi connectivity index (χ4n) is 9.66. The summed E-state index contributed by atoms with van der Waals surface area (Å²) in [4.78, 5) is 18.4. The van der Waals surface area contributed by atoms with Gasteiger partial charge in [-0.05, 0) is 124 Å². The van der Waals surface area contributed by atoms with E-state index in [1.165, 1.54) is 11.1 Å². The van der Waals surface area contributed by atoms with Crippen molar-refractivity contribution >= 4 is 33.2 Å². The number of aliphatic hydroxyl groups is 1. The Hall–Kier alpha value is -2.37. The van der Waals surface area contributed by atoms with E-state index in [1.54, 1.807) is 20.1 Å². The average molecular weight is 728 g/mol. The Morgan fingerprint density at radius 1 is 1.04 bits per heavy atom. The molecule has 3 heterocycles. The third-order valence-corrected chi connectivity index (χ3v) is 15.2. The molecule has 5 aliphatic rings. The molecule has 7 rings (SSSR count). The van der Waals surface area contributed by atoms with Crippen LogP contribution in [-0.4, -0.2) is 87.7 Å². The molecule has 11 heteroatoms.